The highest BCUT2D eigenvalue weighted by atomic mass is 32.2. The second-order valence-corrected chi connectivity index (χ2v) is 9.99. The van der Waals surface area contributed by atoms with Gasteiger partial charge in [0.2, 0.25) is 0 Å². The highest BCUT2D eigenvalue weighted by Gasteiger charge is 2.26. The molecule has 0 bridgehead atoms. The standard InChI is InChI=1S/C24H28N2O3S/c1-3-30(27,28)20-12-14-24(29-2)21(16-20)23-10-7-15-26(23)17-19-11-13-22(25-19)18-8-5-4-6-9-18/h4-10,12,14-16,19,22,25H,3,11,13,17H2,1-2H3/t19-,22-/m0/s1. The van der Waals surface area contributed by atoms with Crippen molar-refractivity contribution in [3.05, 3.63) is 72.4 Å². The topological polar surface area (TPSA) is 60.3 Å². The fourth-order valence-corrected chi connectivity index (χ4v) is 5.12. The van der Waals surface area contributed by atoms with E-state index in [9.17, 15) is 8.42 Å². The maximum Gasteiger partial charge on any atom is 0.178 e. The number of sulfone groups is 1. The summed E-state index contributed by atoms with van der Waals surface area (Å²) in [7, 11) is -1.67. The second-order valence-electron chi connectivity index (χ2n) is 7.72. The van der Waals surface area contributed by atoms with Gasteiger partial charge < -0.3 is 14.6 Å². The Morgan fingerprint density at radius 1 is 1.07 bits per heavy atom. The van der Waals surface area contributed by atoms with Gasteiger partial charge in [0.25, 0.3) is 0 Å². The number of hydrogen-bond acceptors (Lipinski definition) is 4. The summed E-state index contributed by atoms with van der Waals surface area (Å²) in [5.41, 5.74) is 3.09. The average Bonchev–Trinajstić information content (AvgIpc) is 3.44. The minimum atomic E-state index is -3.29. The maximum absolute atomic E-state index is 12.4. The highest BCUT2D eigenvalue weighted by Crippen LogP contribution is 2.34. The van der Waals surface area contributed by atoms with Crippen LogP contribution in [0.5, 0.6) is 5.75 Å². The summed E-state index contributed by atoms with van der Waals surface area (Å²) in [6.07, 6.45) is 4.25. The van der Waals surface area contributed by atoms with Crippen LogP contribution in [0.4, 0.5) is 0 Å². The van der Waals surface area contributed by atoms with Crippen molar-refractivity contribution in [3.8, 4) is 17.0 Å². The van der Waals surface area contributed by atoms with E-state index in [1.165, 1.54) is 5.56 Å². The van der Waals surface area contributed by atoms with Crippen LogP contribution in [0.3, 0.4) is 0 Å². The summed E-state index contributed by atoms with van der Waals surface area (Å²) in [4.78, 5) is 0.330. The van der Waals surface area contributed by atoms with Crippen molar-refractivity contribution in [2.24, 2.45) is 0 Å². The van der Waals surface area contributed by atoms with E-state index in [0.717, 1.165) is 30.6 Å². The molecule has 1 N–H and O–H groups in total. The van der Waals surface area contributed by atoms with Crippen molar-refractivity contribution >= 4 is 9.84 Å². The van der Waals surface area contributed by atoms with Crippen molar-refractivity contribution in [2.45, 2.75) is 43.3 Å². The first kappa shape index (κ1) is 20.7. The number of nitrogens with zero attached hydrogens (tertiary/aromatic N) is 1. The summed E-state index contributed by atoms with van der Waals surface area (Å²) >= 11 is 0. The molecular weight excluding hydrogens is 396 g/mol. The largest absolute Gasteiger partial charge is 0.496 e. The molecule has 0 aliphatic carbocycles. The molecule has 0 unspecified atom stereocenters. The average molecular weight is 425 g/mol. The Labute approximate surface area is 178 Å². The molecule has 4 rings (SSSR count). The third kappa shape index (κ3) is 4.16. The number of ether oxygens (including phenoxy) is 1. The normalized spacial score (nSPS) is 19.1. The van der Waals surface area contributed by atoms with E-state index in [1.807, 2.05) is 24.4 Å². The Hall–Kier alpha value is -2.57. The first-order valence-electron chi connectivity index (χ1n) is 10.4. The first-order valence-corrected chi connectivity index (χ1v) is 12.0. The van der Waals surface area contributed by atoms with E-state index in [1.54, 1.807) is 32.2 Å². The van der Waals surface area contributed by atoms with Gasteiger partial charge in [0, 0.05) is 30.4 Å². The molecule has 1 fully saturated rings. The number of methoxy groups -OCH3 is 1. The summed E-state index contributed by atoms with van der Waals surface area (Å²) in [5.74, 6) is 0.749. The van der Waals surface area contributed by atoms with Gasteiger partial charge in [0.1, 0.15) is 5.75 Å². The lowest BCUT2D eigenvalue weighted by molar-refractivity contribution is 0.415. The molecule has 2 atom stereocenters. The van der Waals surface area contributed by atoms with Crippen LogP contribution >= 0.6 is 0 Å². The van der Waals surface area contributed by atoms with Crippen LogP contribution in [0.1, 0.15) is 31.4 Å². The van der Waals surface area contributed by atoms with Crippen LogP contribution < -0.4 is 10.1 Å². The van der Waals surface area contributed by atoms with E-state index in [2.05, 4.69) is 34.1 Å². The Kier molecular flexibility index (Phi) is 5.97. The molecule has 0 spiro atoms. The molecule has 158 valence electrons. The van der Waals surface area contributed by atoms with Crippen LogP contribution in [0, 0.1) is 0 Å². The Morgan fingerprint density at radius 3 is 2.60 bits per heavy atom. The molecule has 1 aromatic heterocycles. The smallest absolute Gasteiger partial charge is 0.178 e. The van der Waals surface area contributed by atoms with Gasteiger partial charge >= 0.3 is 0 Å². The van der Waals surface area contributed by atoms with Crippen molar-refractivity contribution < 1.29 is 13.2 Å². The molecule has 0 saturated carbocycles. The predicted molar refractivity (Wildman–Crippen MR) is 119 cm³/mol. The van der Waals surface area contributed by atoms with Crippen LogP contribution in [0.25, 0.3) is 11.3 Å². The zero-order valence-corrected chi connectivity index (χ0v) is 18.2. The summed E-state index contributed by atoms with van der Waals surface area (Å²) in [6.45, 7) is 2.48. The van der Waals surface area contributed by atoms with E-state index < -0.39 is 9.84 Å². The quantitative estimate of drug-likeness (QED) is 0.609. The van der Waals surface area contributed by atoms with Crippen LogP contribution in [0.15, 0.2) is 71.8 Å². The molecule has 0 amide bonds. The number of aromatic nitrogens is 1. The Morgan fingerprint density at radius 2 is 1.87 bits per heavy atom. The third-order valence-corrected chi connectivity index (χ3v) is 7.61. The molecule has 3 aromatic rings. The van der Waals surface area contributed by atoms with E-state index >= 15 is 0 Å². The van der Waals surface area contributed by atoms with Gasteiger partial charge in [-0.05, 0) is 48.7 Å². The van der Waals surface area contributed by atoms with Crippen molar-refractivity contribution in [2.75, 3.05) is 12.9 Å². The van der Waals surface area contributed by atoms with Gasteiger partial charge in [-0.25, -0.2) is 8.42 Å². The van der Waals surface area contributed by atoms with Crippen LogP contribution in [-0.2, 0) is 16.4 Å². The molecule has 5 nitrogen and oxygen atoms in total. The molecule has 6 heteroatoms. The van der Waals surface area contributed by atoms with E-state index in [-0.39, 0.29) is 5.75 Å². The number of nitrogens with one attached hydrogen (secondary N) is 1. The fourth-order valence-electron chi connectivity index (χ4n) is 4.21. The number of rotatable bonds is 7. The first-order chi connectivity index (χ1) is 14.5. The molecule has 0 radical (unpaired) electrons. The molecule has 1 saturated heterocycles. The van der Waals surface area contributed by atoms with Crippen LogP contribution in [-0.4, -0.2) is 31.9 Å². The van der Waals surface area contributed by atoms with E-state index in [4.69, 9.17) is 4.74 Å². The summed E-state index contributed by atoms with van der Waals surface area (Å²) in [5, 5.41) is 3.75. The lowest BCUT2D eigenvalue weighted by Gasteiger charge is -2.18. The van der Waals surface area contributed by atoms with Crippen molar-refractivity contribution in [1.82, 2.24) is 9.88 Å². The number of hydrogen-bond donors (Lipinski definition) is 1. The SMILES string of the molecule is CCS(=O)(=O)c1ccc(OC)c(-c2cccn2C[C@@H]2CC[C@@H](c3ccccc3)N2)c1. The molecule has 1 aliphatic rings. The van der Waals surface area contributed by atoms with Crippen LogP contribution in [0.2, 0.25) is 0 Å². The zero-order chi connectivity index (χ0) is 21.1. The summed E-state index contributed by atoms with van der Waals surface area (Å²) < 4.78 is 32.5. The van der Waals surface area contributed by atoms with Gasteiger partial charge in [-0.3, -0.25) is 0 Å². The summed E-state index contributed by atoms with van der Waals surface area (Å²) in [6, 6.07) is 20.4. The predicted octanol–water partition coefficient (Wildman–Crippen LogP) is 4.45. The Bertz CT molecular complexity index is 1110. The van der Waals surface area contributed by atoms with Crippen molar-refractivity contribution in [1.29, 1.82) is 0 Å². The molecule has 2 aromatic carbocycles. The van der Waals surface area contributed by atoms with E-state index in [0.29, 0.717) is 22.7 Å². The highest BCUT2D eigenvalue weighted by molar-refractivity contribution is 7.91. The van der Waals surface area contributed by atoms with Crippen molar-refractivity contribution in [3.63, 3.8) is 0 Å². The molecular formula is C24H28N2O3S. The van der Waals surface area contributed by atoms with Gasteiger partial charge in [0.15, 0.2) is 9.84 Å². The Balaban J connectivity index is 1.59. The fraction of sp³-hybridized carbons (Fsp3) is 0.333. The second kappa shape index (κ2) is 8.66. The van der Waals surface area contributed by atoms with Gasteiger partial charge in [-0.15, -0.1) is 0 Å². The minimum absolute atomic E-state index is 0.0760. The molecule has 2 heterocycles. The lowest BCUT2D eigenvalue weighted by atomic mass is 10.1. The zero-order valence-electron chi connectivity index (χ0n) is 17.4. The molecule has 1 aliphatic heterocycles. The number of benzene rings is 2. The monoisotopic (exact) mass is 424 g/mol. The van der Waals surface area contributed by atoms with Gasteiger partial charge in [0.05, 0.1) is 23.5 Å². The maximum atomic E-state index is 12.4. The lowest BCUT2D eigenvalue weighted by Crippen LogP contribution is -2.28. The minimum Gasteiger partial charge on any atom is -0.496 e. The molecule has 30 heavy (non-hydrogen) atoms. The van der Waals surface area contributed by atoms with Gasteiger partial charge in [-0.1, -0.05) is 37.3 Å². The third-order valence-electron chi connectivity index (χ3n) is 5.88. The van der Waals surface area contributed by atoms with Gasteiger partial charge in [-0.2, -0.15) is 0 Å².